The van der Waals surface area contributed by atoms with Gasteiger partial charge in [-0.3, -0.25) is 5.10 Å². The van der Waals surface area contributed by atoms with Crippen LogP contribution in [0.5, 0.6) is 0 Å². The number of benzene rings is 1. The van der Waals surface area contributed by atoms with Crippen molar-refractivity contribution in [2.45, 2.75) is 24.9 Å². The van der Waals surface area contributed by atoms with Gasteiger partial charge in [0, 0.05) is 42.4 Å². The van der Waals surface area contributed by atoms with Crippen LogP contribution in [0.1, 0.15) is 12.8 Å². The van der Waals surface area contributed by atoms with Gasteiger partial charge in [0.1, 0.15) is 5.82 Å². The lowest BCUT2D eigenvalue weighted by molar-refractivity contribution is 0.461. The molecule has 0 radical (unpaired) electrons. The summed E-state index contributed by atoms with van der Waals surface area (Å²) >= 11 is 0. The van der Waals surface area contributed by atoms with Crippen molar-refractivity contribution in [1.29, 1.82) is 0 Å². The van der Waals surface area contributed by atoms with E-state index in [1.807, 2.05) is 30.6 Å². The van der Waals surface area contributed by atoms with Crippen molar-refractivity contribution in [2.24, 2.45) is 0 Å². The summed E-state index contributed by atoms with van der Waals surface area (Å²) in [5.74, 6) is 1.62. The van der Waals surface area contributed by atoms with Crippen molar-refractivity contribution in [2.75, 3.05) is 23.3 Å². The Bertz CT molecular complexity index is 862. The van der Waals surface area contributed by atoms with E-state index in [-0.39, 0.29) is 0 Å². The van der Waals surface area contributed by atoms with Crippen LogP contribution in [0.4, 0.5) is 17.5 Å². The van der Waals surface area contributed by atoms with Gasteiger partial charge in [-0.15, -0.1) is 0 Å². The van der Waals surface area contributed by atoms with Crippen LogP contribution in [-0.4, -0.2) is 45.3 Å². The van der Waals surface area contributed by atoms with Crippen LogP contribution >= 0.6 is 0 Å². The molecule has 122 valence electrons. The fourth-order valence-corrected chi connectivity index (χ4v) is 3.70. The van der Waals surface area contributed by atoms with Crippen LogP contribution in [0.15, 0.2) is 36.7 Å². The molecule has 1 aromatic carbocycles. The van der Waals surface area contributed by atoms with Crippen molar-refractivity contribution in [3.8, 4) is 0 Å². The number of H-pyrrole nitrogens is 1. The van der Waals surface area contributed by atoms with Crippen molar-refractivity contribution < 1.29 is 0 Å². The summed E-state index contributed by atoms with van der Waals surface area (Å²) in [6, 6.07) is 9.15. The maximum atomic E-state index is 4.71. The molecule has 2 atom stereocenters. The Balaban J connectivity index is 1.38. The molecule has 2 fully saturated rings. The van der Waals surface area contributed by atoms with Gasteiger partial charge >= 0.3 is 0 Å². The van der Waals surface area contributed by atoms with E-state index in [0.29, 0.717) is 12.1 Å². The Hall–Kier alpha value is -2.67. The van der Waals surface area contributed by atoms with Crippen LogP contribution in [0.3, 0.4) is 0 Å². The number of piperazine rings is 1. The highest BCUT2D eigenvalue weighted by Gasteiger charge is 2.33. The minimum atomic E-state index is 0.576. The lowest BCUT2D eigenvalue weighted by atomic mass is 10.2. The second kappa shape index (κ2) is 5.45. The lowest BCUT2D eigenvalue weighted by Crippen LogP contribution is -2.51. The van der Waals surface area contributed by atoms with Gasteiger partial charge in [0.15, 0.2) is 0 Å². The second-order valence-corrected chi connectivity index (χ2v) is 6.58. The Morgan fingerprint density at radius 2 is 2.00 bits per heavy atom. The molecule has 2 unspecified atom stereocenters. The number of rotatable bonds is 3. The average molecular weight is 321 g/mol. The third kappa shape index (κ3) is 2.46. The minimum Gasteiger partial charge on any atom is -0.340 e. The number of hydrogen-bond donors (Lipinski definition) is 3. The van der Waals surface area contributed by atoms with E-state index in [9.17, 15) is 0 Å². The fraction of sp³-hybridized carbons (Fsp3) is 0.353. The summed E-state index contributed by atoms with van der Waals surface area (Å²) < 4.78 is 0. The summed E-state index contributed by atoms with van der Waals surface area (Å²) in [5, 5.41) is 15.1. The topological polar surface area (TPSA) is 81.8 Å². The number of hydrogen-bond acceptors (Lipinski definition) is 6. The standard InChI is InChI=1S/C17H19N7/c1-2-14-10-24(9-13(1)20-14)17-18-6-5-16(22-17)21-12-3-4-15-11(7-12)8-19-23-15/h3-8,13-14,20H,1-2,9-10H2,(H,19,23)(H,18,21,22). The highest BCUT2D eigenvalue weighted by atomic mass is 15.3. The zero-order chi connectivity index (χ0) is 15.9. The Labute approximate surface area is 139 Å². The molecule has 0 spiro atoms. The first-order valence-corrected chi connectivity index (χ1v) is 8.38. The van der Waals surface area contributed by atoms with Gasteiger partial charge in [0.25, 0.3) is 0 Å². The number of nitrogens with zero attached hydrogens (tertiary/aromatic N) is 4. The number of aromatic amines is 1. The lowest BCUT2D eigenvalue weighted by Gasteiger charge is -2.32. The van der Waals surface area contributed by atoms with E-state index in [0.717, 1.165) is 41.4 Å². The Kier molecular flexibility index (Phi) is 3.12. The summed E-state index contributed by atoms with van der Waals surface area (Å²) in [4.78, 5) is 11.5. The van der Waals surface area contributed by atoms with Crippen molar-refractivity contribution in [3.05, 3.63) is 36.7 Å². The molecule has 3 aromatic rings. The first-order valence-electron chi connectivity index (χ1n) is 8.38. The van der Waals surface area contributed by atoms with Gasteiger partial charge < -0.3 is 15.5 Å². The molecule has 2 saturated heterocycles. The fourth-order valence-electron chi connectivity index (χ4n) is 3.70. The van der Waals surface area contributed by atoms with Gasteiger partial charge in [0.05, 0.1) is 11.7 Å². The smallest absolute Gasteiger partial charge is 0.227 e. The van der Waals surface area contributed by atoms with Gasteiger partial charge in [0.2, 0.25) is 5.95 Å². The van der Waals surface area contributed by atoms with Gasteiger partial charge in [-0.2, -0.15) is 10.1 Å². The first kappa shape index (κ1) is 13.7. The van der Waals surface area contributed by atoms with Gasteiger partial charge in [-0.05, 0) is 37.1 Å². The normalized spacial score (nSPS) is 22.9. The summed E-state index contributed by atoms with van der Waals surface area (Å²) in [6.45, 7) is 1.97. The Morgan fingerprint density at radius 3 is 2.88 bits per heavy atom. The molecule has 0 saturated carbocycles. The van der Waals surface area contributed by atoms with Crippen LogP contribution in [0.2, 0.25) is 0 Å². The number of nitrogens with one attached hydrogen (secondary N) is 3. The van der Waals surface area contributed by atoms with Crippen LogP contribution in [0, 0.1) is 0 Å². The zero-order valence-electron chi connectivity index (χ0n) is 13.2. The molecule has 2 bridgehead atoms. The molecule has 4 heterocycles. The number of fused-ring (bicyclic) bond motifs is 3. The van der Waals surface area contributed by atoms with E-state index >= 15 is 0 Å². The molecule has 3 N–H and O–H groups in total. The van der Waals surface area contributed by atoms with Crippen LogP contribution in [0.25, 0.3) is 10.9 Å². The van der Waals surface area contributed by atoms with E-state index in [2.05, 4.69) is 36.8 Å². The maximum Gasteiger partial charge on any atom is 0.227 e. The van der Waals surface area contributed by atoms with Crippen molar-refractivity contribution >= 4 is 28.4 Å². The molecule has 0 aliphatic carbocycles. The van der Waals surface area contributed by atoms with Crippen molar-refractivity contribution in [1.82, 2.24) is 25.5 Å². The third-order valence-corrected chi connectivity index (χ3v) is 4.85. The highest BCUT2D eigenvalue weighted by Crippen LogP contribution is 2.25. The quantitative estimate of drug-likeness (QED) is 0.685. The molecule has 7 nitrogen and oxygen atoms in total. The zero-order valence-corrected chi connectivity index (χ0v) is 13.2. The highest BCUT2D eigenvalue weighted by molar-refractivity contribution is 5.82. The Morgan fingerprint density at radius 1 is 1.12 bits per heavy atom. The first-order chi connectivity index (χ1) is 11.8. The summed E-state index contributed by atoms with van der Waals surface area (Å²) in [6.07, 6.45) is 6.15. The average Bonchev–Trinajstić information content (AvgIpc) is 3.20. The molecule has 2 aromatic heterocycles. The predicted octanol–water partition coefficient (Wildman–Crippen LogP) is 2.04. The molecular weight excluding hydrogens is 302 g/mol. The monoisotopic (exact) mass is 321 g/mol. The van der Waals surface area contributed by atoms with Crippen LogP contribution < -0.4 is 15.5 Å². The van der Waals surface area contributed by atoms with Crippen molar-refractivity contribution in [3.63, 3.8) is 0 Å². The maximum absolute atomic E-state index is 4.71. The van der Waals surface area contributed by atoms with E-state index in [4.69, 9.17) is 4.98 Å². The number of anilines is 3. The SMILES string of the molecule is c1cc(Nc2ccc3[nH]ncc3c2)nc(N2CC3CCC(C2)N3)n1. The predicted molar refractivity (Wildman–Crippen MR) is 93.6 cm³/mol. The molecule has 7 heteroatoms. The third-order valence-electron chi connectivity index (χ3n) is 4.85. The summed E-state index contributed by atoms with van der Waals surface area (Å²) in [5.41, 5.74) is 2.02. The summed E-state index contributed by atoms with van der Waals surface area (Å²) in [7, 11) is 0. The molecule has 5 rings (SSSR count). The molecule has 2 aliphatic rings. The van der Waals surface area contributed by atoms with E-state index in [1.54, 1.807) is 0 Å². The van der Waals surface area contributed by atoms with Crippen LogP contribution in [-0.2, 0) is 0 Å². The molecule has 0 amide bonds. The van der Waals surface area contributed by atoms with Gasteiger partial charge in [-0.25, -0.2) is 4.98 Å². The minimum absolute atomic E-state index is 0.576. The largest absolute Gasteiger partial charge is 0.340 e. The van der Waals surface area contributed by atoms with E-state index in [1.165, 1.54) is 12.8 Å². The van der Waals surface area contributed by atoms with E-state index < -0.39 is 0 Å². The molecule has 2 aliphatic heterocycles. The second-order valence-electron chi connectivity index (χ2n) is 6.58. The van der Waals surface area contributed by atoms with Gasteiger partial charge in [-0.1, -0.05) is 0 Å². The molecular formula is C17H19N7. The number of aromatic nitrogens is 4. The molecule has 24 heavy (non-hydrogen) atoms.